The molecule has 0 aliphatic rings. The van der Waals surface area contributed by atoms with Crippen molar-refractivity contribution in [2.24, 2.45) is 0 Å². The lowest BCUT2D eigenvalue weighted by atomic mass is 10.2. The van der Waals surface area contributed by atoms with E-state index in [1.165, 1.54) is 5.56 Å². The van der Waals surface area contributed by atoms with E-state index in [0.717, 1.165) is 35.4 Å². The average Bonchev–Trinajstić information content (AvgIpc) is 2.76. The Morgan fingerprint density at radius 2 is 2.17 bits per heavy atom. The molecule has 0 saturated carbocycles. The second-order valence-corrected chi connectivity index (χ2v) is 5.22. The summed E-state index contributed by atoms with van der Waals surface area (Å²) in [5, 5.41) is 11.5. The molecule has 0 aliphatic heterocycles. The number of hydrogen-bond acceptors (Lipinski definition) is 3. The number of aryl methyl sites for hydroxylation is 1. The van der Waals surface area contributed by atoms with Crippen LogP contribution in [-0.2, 0) is 6.54 Å². The molecule has 5 heteroatoms. The molecule has 0 radical (unpaired) electrons. The molecule has 0 aliphatic carbocycles. The van der Waals surface area contributed by atoms with Crippen LogP contribution in [0.3, 0.4) is 0 Å². The van der Waals surface area contributed by atoms with Gasteiger partial charge in [-0.1, -0.05) is 28.1 Å². The number of benzene rings is 1. The van der Waals surface area contributed by atoms with E-state index >= 15 is 0 Å². The van der Waals surface area contributed by atoms with Gasteiger partial charge in [-0.05, 0) is 43.7 Å². The number of hydrogen-bond donors (Lipinski definition) is 1. The minimum Gasteiger partial charge on any atom is -0.311 e. The van der Waals surface area contributed by atoms with Crippen LogP contribution in [0.1, 0.15) is 24.6 Å². The SMILES string of the molecule is CCCNCc1cnnn1-c1cc(C)cc(Br)c1. The monoisotopic (exact) mass is 308 g/mol. The minimum atomic E-state index is 0.784. The third-order valence-electron chi connectivity index (χ3n) is 2.62. The molecule has 1 aromatic carbocycles. The summed E-state index contributed by atoms with van der Waals surface area (Å²) in [5.74, 6) is 0. The zero-order chi connectivity index (χ0) is 13.0. The van der Waals surface area contributed by atoms with Crippen molar-refractivity contribution < 1.29 is 0 Å². The van der Waals surface area contributed by atoms with Crippen LogP contribution in [0.25, 0.3) is 5.69 Å². The number of halogens is 1. The molecule has 0 bridgehead atoms. The van der Waals surface area contributed by atoms with Crippen molar-refractivity contribution in [2.45, 2.75) is 26.8 Å². The molecule has 0 spiro atoms. The van der Waals surface area contributed by atoms with Crippen molar-refractivity contribution in [1.82, 2.24) is 20.3 Å². The Bertz CT molecular complexity index is 501. The highest BCUT2D eigenvalue weighted by atomic mass is 79.9. The first-order chi connectivity index (χ1) is 8.70. The Labute approximate surface area is 116 Å². The molecule has 2 rings (SSSR count). The molecule has 1 aromatic heterocycles. The fourth-order valence-electron chi connectivity index (χ4n) is 1.83. The third-order valence-corrected chi connectivity index (χ3v) is 3.08. The van der Waals surface area contributed by atoms with Gasteiger partial charge in [0.25, 0.3) is 0 Å². The van der Waals surface area contributed by atoms with Crippen LogP contribution in [0, 0.1) is 6.92 Å². The quantitative estimate of drug-likeness (QED) is 0.864. The first-order valence-corrected chi connectivity index (χ1v) is 6.88. The van der Waals surface area contributed by atoms with Gasteiger partial charge in [0, 0.05) is 11.0 Å². The van der Waals surface area contributed by atoms with E-state index in [4.69, 9.17) is 0 Å². The zero-order valence-electron chi connectivity index (χ0n) is 10.7. The molecule has 4 nitrogen and oxygen atoms in total. The number of rotatable bonds is 5. The van der Waals surface area contributed by atoms with Crippen LogP contribution in [-0.4, -0.2) is 21.5 Å². The highest BCUT2D eigenvalue weighted by Crippen LogP contribution is 2.18. The van der Waals surface area contributed by atoms with Crippen molar-refractivity contribution in [3.63, 3.8) is 0 Å². The van der Waals surface area contributed by atoms with Gasteiger partial charge < -0.3 is 5.32 Å². The molecule has 0 saturated heterocycles. The van der Waals surface area contributed by atoms with E-state index in [9.17, 15) is 0 Å². The summed E-state index contributed by atoms with van der Waals surface area (Å²) < 4.78 is 2.93. The smallest absolute Gasteiger partial charge is 0.0783 e. The zero-order valence-corrected chi connectivity index (χ0v) is 12.2. The second-order valence-electron chi connectivity index (χ2n) is 4.30. The summed E-state index contributed by atoms with van der Waals surface area (Å²) in [6.45, 7) is 6.01. The van der Waals surface area contributed by atoms with E-state index in [0.29, 0.717) is 0 Å². The highest BCUT2D eigenvalue weighted by Gasteiger charge is 2.06. The van der Waals surface area contributed by atoms with E-state index in [-0.39, 0.29) is 0 Å². The van der Waals surface area contributed by atoms with E-state index in [1.54, 1.807) is 6.20 Å². The standard InChI is InChI=1S/C13H17BrN4/c1-3-4-15-8-13-9-16-17-18(13)12-6-10(2)5-11(14)7-12/h5-7,9,15H,3-4,8H2,1-2H3. The predicted octanol–water partition coefficient (Wildman–Crippen LogP) is 2.84. The van der Waals surface area contributed by atoms with Crippen molar-refractivity contribution >= 4 is 15.9 Å². The van der Waals surface area contributed by atoms with Gasteiger partial charge in [0.1, 0.15) is 0 Å². The van der Waals surface area contributed by atoms with E-state index in [1.807, 2.05) is 10.7 Å². The molecular weight excluding hydrogens is 292 g/mol. The van der Waals surface area contributed by atoms with Gasteiger partial charge >= 0.3 is 0 Å². The fraction of sp³-hybridized carbons (Fsp3) is 0.385. The van der Waals surface area contributed by atoms with Crippen LogP contribution in [0.4, 0.5) is 0 Å². The average molecular weight is 309 g/mol. The summed E-state index contributed by atoms with van der Waals surface area (Å²) >= 11 is 3.51. The molecule has 2 aromatic rings. The lowest BCUT2D eigenvalue weighted by Gasteiger charge is -2.08. The van der Waals surface area contributed by atoms with Gasteiger partial charge in [0.05, 0.1) is 17.6 Å². The van der Waals surface area contributed by atoms with Crippen molar-refractivity contribution in [3.8, 4) is 5.69 Å². The number of nitrogens with one attached hydrogen (secondary N) is 1. The third kappa shape index (κ3) is 3.17. The van der Waals surface area contributed by atoms with Crippen LogP contribution in [0.5, 0.6) is 0 Å². The van der Waals surface area contributed by atoms with Crippen molar-refractivity contribution in [3.05, 3.63) is 40.1 Å². The molecule has 0 unspecified atom stereocenters. The highest BCUT2D eigenvalue weighted by molar-refractivity contribution is 9.10. The maximum atomic E-state index is 4.15. The molecule has 1 heterocycles. The Morgan fingerprint density at radius 1 is 1.33 bits per heavy atom. The predicted molar refractivity (Wildman–Crippen MR) is 75.8 cm³/mol. The van der Waals surface area contributed by atoms with Gasteiger partial charge in [-0.3, -0.25) is 0 Å². The minimum absolute atomic E-state index is 0.784. The summed E-state index contributed by atoms with van der Waals surface area (Å²) in [5.41, 5.74) is 3.30. The maximum Gasteiger partial charge on any atom is 0.0783 e. The molecular formula is C13H17BrN4. The van der Waals surface area contributed by atoms with Gasteiger partial charge in [-0.2, -0.15) is 0 Å². The summed E-state index contributed by atoms with van der Waals surface area (Å²) in [7, 11) is 0. The van der Waals surface area contributed by atoms with Crippen LogP contribution < -0.4 is 5.32 Å². The van der Waals surface area contributed by atoms with Crippen LogP contribution in [0.2, 0.25) is 0 Å². The largest absolute Gasteiger partial charge is 0.311 e. The molecule has 18 heavy (non-hydrogen) atoms. The van der Waals surface area contributed by atoms with Crippen molar-refractivity contribution in [1.29, 1.82) is 0 Å². The molecule has 0 fully saturated rings. The number of nitrogens with zero attached hydrogens (tertiary/aromatic N) is 3. The molecule has 1 N–H and O–H groups in total. The normalized spacial score (nSPS) is 10.8. The van der Waals surface area contributed by atoms with Gasteiger partial charge in [-0.25, -0.2) is 4.68 Å². The Hall–Kier alpha value is -1.20. The molecule has 0 atom stereocenters. The van der Waals surface area contributed by atoms with Crippen LogP contribution >= 0.6 is 15.9 Å². The summed E-state index contributed by atoms with van der Waals surface area (Å²) in [6.07, 6.45) is 2.93. The topological polar surface area (TPSA) is 42.7 Å². The fourth-order valence-corrected chi connectivity index (χ4v) is 2.42. The Kier molecular flexibility index (Phi) is 4.49. The summed E-state index contributed by atoms with van der Waals surface area (Å²) in [6, 6.07) is 6.23. The number of aromatic nitrogens is 3. The Balaban J connectivity index is 2.24. The van der Waals surface area contributed by atoms with Gasteiger partial charge in [0.15, 0.2) is 0 Å². The maximum absolute atomic E-state index is 4.15. The van der Waals surface area contributed by atoms with Gasteiger partial charge in [0.2, 0.25) is 0 Å². The first kappa shape index (κ1) is 13.2. The first-order valence-electron chi connectivity index (χ1n) is 6.08. The van der Waals surface area contributed by atoms with Gasteiger partial charge in [-0.15, -0.1) is 5.10 Å². The second kappa shape index (κ2) is 6.11. The van der Waals surface area contributed by atoms with E-state index < -0.39 is 0 Å². The van der Waals surface area contributed by atoms with Crippen LogP contribution in [0.15, 0.2) is 28.9 Å². The molecule has 0 amide bonds. The lowest BCUT2D eigenvalue weighted by Crippen LogP contribution is -2.16. The van der Waals surface area contributed by atoms with Crippen molar-refractivity contribution in [2.75, 3.05) is 6.54 Å². The van der Waals surface area contributed by atoms with E-state index in [2.05, 4.69) is 57.5 Å². The summed E-state index contributed by atoms with van der Waals surface area (Å²) in [4.78, 5) is 0. The molecule has 96 valence electrons. The lowest BCUT2D eigenvalue weighted by molar-refractivity contribution is 0.641. The Morgan fingerprint density at radius 3 is 2.89 bits per heavy atom.